The van der Waals surface area contributed by atoms with Gasteiger partial charge in [0.2, 0.25) is 0 Å². The van der Waals surface area contributed by atoms with Crippen LogP contribution in [0.15, 0.2) is 53.4 Å². The van der Waals surface area contributed by atoms with E-state index in [1.165, 1.54) is 12.1 Å². The minimum absolute atomic E-state index is 0.0907. The fourth-order valence-electron chi connectivity index (χ4n) is 2.23. The quantitative estimate of drug-likeness (QED) is 0.833. The number of nitrogens with one attached hydrogen (secondary N) is 1. The Morgan fingerprint density at radius 2 is 1.62 bits per heavy atom. The number of aryl methyl sites for hydroxylation is 1. The van der Waals surface area contributed by atoms with E-state index in [4.69, 9.17) is 0 Å². The van der Waals surface area contributed by atoms with Crippen LogP contribution in [-0.2, 0) is 21.2 Å². The zero-order valence-electron chi connectivity index (χ0n) is 13.7. The second-order valence-electron chi connectivity index (χ2n) is 5.90. The van der Waals surface area contributed by atoms with Gasteiger partial charge in [0, 0.05) is 11.7 Å². The normalized spacial score (nSPS) is 11.5. The van der Waals surface area contributed by atoms with Gasteiger partial charge in [-0.2, -0.15) is 0 Å². The van der Waals surface area contributed by atoms with E-state index in [0.717, 1.165) is 11.1 Å². The number of carboxylic acids is 1. The lowest BCUT2D eigenvalue weighted by atomic mass is 10.0. The van der Waals surface area contributed by atoms with Crippen LogP contribution in [0.5, 0.6) is 0 Å². The van der Waals surface area contributed by atoms with E-state index in [1.807, 2.05) is 12.1 Å². The molecule has 2 aromatic carbocycles. The third-order valence-corrected chi connectivity index (χ3v) is 5.08. The van der Waals surface area contributed by atoms with Crippen molar-refractivity contribution in [1.82, 2.24) is 0 Å². The molecule has 5 nitrogen and oxygen atoms in total. The van der Waals surface area contributed by atoms with Crippen molar-refractivity contribution in [3.63, 3.8) is 0 Å². The topological polar surface area (TPSA) is 86.3 Å². The lowest BCUT2D eigenvalue weighted by molar-refractivity contribution is -0.305. The summed E-state index contributed by atoms with van der Waals surface area (Å²) in [6.45, 7) is 4.14. The van der Waals surface area contributed by atoms with E-state index >= 15 is 0 Å². The van der Waals surface area contributed by atoms with Crippen LogP contribution in [0.4, 0.5) is 5.69 Å². The number of sulfonamides is 1. The fourth-order valence-corrected chi connectivity index (χ4v) is 3.29. The van der Waals surface area contributed by atoms with Crippen molar-refractivity contribution < 1.29 is 18.3 Å². The number of benzene rings is 2. The standard InChI is InChI=1S/C18H21NO4S/c1-13(2)15-6-8-16(9-7-15)19-24(22,23)17-10-3-14(4-11-17)5-12-18(20)21/h3-4,6-11,13,19H,5,12H2,1-2H3,(H,20,21)/p-1. The Bertz CT molecular complexity index is 794. The minimum atomic E-state index is -3.67. The van der Waals surface area contributed by atoms with Crippen molar-refractivity contribution in [3.8, 4) is 0 Å². The van der Waals surface area contributed by atoms with Gasteiger partial charge in [0.25, 0.3) is 10.0 Å². The molecule has 128 valence electrons. The summed E-state index contributed by atoms with van der Waals surface area (Å²) >= 11 is 0. The van der Waals surface area contributed by atoms with Crippen molar-refractivity contribution >= 4 is 21.7 Å². The molecule has 0 aliphatic heterocycles. The average molecular weight is 346 g/mol. The van der Waals surface area contributed by atoms with Gasteiger partial charge in [-0.3, -0.25) is 4.72 Å². The van der Waals surface area contributed by atoms with Crippen molar-refractivity contribution in [1.29, 1.82) is 0 Å². The highest BCUT2D eigenvalue weighted by Gasteiger charge is 2.14. The number of carbonyl (C=O) groups excluding carboxylic acids is 1. The predicted molar refractivity (Wildman–Crippen MR) is 91.1 cm³/mol. The third-order valence-electron chi connectivity index (χ3n) is 3.68. The summed E-state index contributed by atoms with van der Waals surface area (Å²) in [5.41, 5.74) is 2.38. The maximum absolute atomic E-state index is 12.4. The first kappa shape index (κ1) is 18.0. The molecule has 0 aromatic heterocycles. The number of carbonyl (C=O) groups is 1. The molecule has 0 aliphatic rings. The van der Waals surface area contributed by atoms with Crippen molar-refractivity contribution in [2.45, 2.75) is 37.5 Å². The van der Waals surface area contributed by atoms with Crippen LogP contribution in [0.2, 0.25) is 0 Å². The van der Waals surface area contributed by atoms with Crippen LogP contribution in [0, 0.1) is 0 Å². The highest BCUT2D eigenvalue weighted by atomic mass is 32.2. The van der Waals surface area contributed by atoms with Crippen LogP contribution >= 0.6 is 0 Å². The summed E-state index contributed by atoms with van der Waals surface area (Å²) in [4.78, 5) is 10.6. The van der Waals surface area contributed by atoms with Crippen molar-refractivity contribution in [2.24, 2.45) is 0 Å². The Kier molecular flexibility index (Phi) is 5.62. The summed E-state index contributed by atoms with van der Waals surface area (Å²) in [6.07, 6.45) is 0.222. The van der Waals surface area contributed by atoms with Gasteiger partial charge in [0.05, 0.1) is 4.90 Å². The van der Waals surface area contributed by atoms with Gasteiger partial charge in [-0.1, -0.05) is 38.1 Å². The van der Waals surface area contributed by atoms with Gasteiger partial charge in [0.1, 0.15) is 0 Å². The SMILES string of the molecule is CC(C)c1ccc(NS(=O)(=O)c2ccc(CCC(=O)[O-])cc2)cc1. The molecule has 2 aromatic rings. The first-order valence-electron chi connectivity index (χ1n) is 7.69. The molecular weight excluding hydrogens is 326 g/mol. The molecule has 0 bridgehead atoms. The molecule has 1 N–H and O–H groups in total. The monoisotopic (exact) mass is 346 g/mol. The zero-order chi connectivity index (χ0) is 17.7. The van der Waals surface area contributed by atoms with E-state index in [0.29, 0.717) is 18.0 Å². The predicted octanol–water partition coefficient (Wildman–Crippen LogP) is 2.29. The fraction of sp³-hybridized carbons (Fsp3) is 0.278. The number of rotatable bonds is 7. The number of carboxylic acid groups (broad SMARTS) is 1. The molecule has 0 unspecified atom stereocenters. The Morgan fingerprint density at radius 1 is 1.04 bits per heavy atom. The molecule has 0 amide bonds. The van der Waals surface area contributed by atoms with Crippen LogP contribution < -0.4 is 9.83 Å². The first-order valence-corrected chi connectivity index (χ1v) is 9.18. The number of anilines is 1. The van der Waals surface area contributed by atoms with Crippen LogP contribution in [0.25, 0.3) is 0 Å². The van der Waals surface area contributed by atoms with E-state index in [-0.39, 0.29) is 11.3 Å². The molecule has 0 atom stereocenters. The van der Waals surface area contributed by atoms with Crippen molar-refractivity contribution in [2.75, 3.05) is 4.72 Å². The second kappa shape index (κ2) is 7.49. The Labute approximate surface area is 142 Å². The summed E-state index contributed by atoms with van der Waals surface area (Å²) in [5, 5.41) is 10.5. The minimum Gasteiger partial charge on any atom is -0.550 e. The molecule has 24 heavy (non-hydrogen) atoms. The van der Waals surface area contributed by atoms with Crippen molar-refractivity contribution in [3.05, 3.63) is 59.7 Å². The van der Waals surface area contributed by atoms with Crippen LogP contribution in [-0.4, -0.2) is 14.4 Å². The number of hydrogen-bond donors (Lipinski definition) is 1. The smallest absolute Gasteiger partial charge is 0.261 e. The van der Waals surface area contributed by atoms with Gasteiger partial charge in [-0.15, -0.1) is 0 Å². The van der Waals surface area contributed by atoms with Gasteiger partial charge in [-0.05, 0) is 54.2 Å². The number of hydrogen-bond acceptors (Lipinski definition) is 4. The molecular formula is C18H20NO4S-. The molecule has 0 fully saturated rings. The molecule has 2 rings (SSSR count). The summed E-state index contributed by atoms with van der Waals surface area (Å²) in [7, 11) is -3.67. The summed E-state index contributed by atoms with van der Waals surface area (Å²) in [6, 6.07) is 13.4. The maximum atomic E-state index is 12.4. The third kappa shape index (κ3) is 4.83. The van der Waals surface area contributed by atoms with Gasteiger partial charge in [0.15, 0.2) is 0 Å². The molecule has 0 aliphatic carbocycles. The molecule has 6 heteroatoms. The zero-order valence-corrected chi connectivity index (χ0v) is 14.5. The maximum Gasteiger partial charge on any atom is 0.261 e. The lowest BCUT2D eigenvalue weighted by Gasteiger charge is -2.11. The van der Waals surface area contributed by atoms with E-state index in [1.54, 1.807) is 24.3 Å². The number of aliphatic carboxylic acids is 1. The molecule has 0 spiro atoms. The first-order chi connectivity index (χ1) is 11.3. The Morgan fingerprint density at radius 3 is 2.12 bits per heavy atom. The van der Waals surface area contributed by atoms with Gasteiger partial charge < -0.3 is 9.90 Å². The molecule has 0 radical (unpaired) electrons. The summed E-state index contributed by atoms with van der Waals surface area (Å²) < 4.78 is 27.3. The molecule has 0 heterocycles. The highest BCUT2D eigenvalue weighted by Crippen LogP contribution is 2.20. The Balaban J connectivity index is 2.10. The molecule has 0 saturated heterocycles. The van der Waals surface area contributed by atoms with Gasteiger partial charge >= 0.3 is 0 Å². The Hall–Kier alpha value is -2.34. The largest absolute Gasteiger partial charge is 0.550 e. The van der Waals surface area contributed by atoms with E-state index < -0.39 is 16.0 Å². The van der Waals surface area contributed by atoms with E-state index in [2.05, 4.69) is 18.6 Å². The highest BCUT2D eigenvalue weighted by molar-refractivity contribution is 7.92. The van der Waals surface area contributed by atoms with Crippen LogP contribution in [0.3, 0.4) is 0 Å². The average Bonchev–Trinajstić information content (AvgIpc) is 2.53. The van der Waals surface area contributed by atoms with Crippen LogP contribution in [0.1, 0.15) is 37.3 Å². The lowest BCUT2D eigenvalue weighted by Crippen LogP contribution is -2.22. The van der Waals surface area contributed by atoms with Gasteiger partial charge in [-0.25, -0.2) is 8.42 Å². The molecule has 0 saturated carbocycles. The summed E-state index contributed by atoms with van der Waals surface area (Å²) in [5.74, 6) is -0.748. The second-order valence-corrected chi connectivity index (χ2v) is 7.58. The van der Waals surface area contributed by atoms with E-state index in [9.17, 15) is 18.3 Å².